The van der Waals surface area contributed by atoms with Gasteiger partial charge in [-0.3, -0.25) is 9.36 Å². The van der Waals surface area contributed by atoms with E-state index in [1.165, 1.54) is 11.8 Å². The van der Waals surface area contributed by atoms with Crippen molar-refractivity contribution < 1.29 is 14.1 Å². The van der Waals surface area contributed by atoms with Gasteiger partial charge < -0.3 is 19.5 Å². The molecule has 3 heterocycles. The van der Waals surface area contributed by atoms with Crippen molar-refractivity contribution in [2.24, 2.45) is 0 Å². The molecular weight excluding hydrogens is 392 g/mol. The van der Waals surface area contributed by atoms with Crippen LogP contribution in [0.15, 0.2) is 46.1 Å². The largest absolute Gasteiger partial charge is 0.378 e. The van der Waals surface area contributed by atoms with E-state index in [0.717, 1.165) is 24.6 Å². The summed E-state index contributed by atoms with van der Waals surface area (Å²) in [5.74, 6) is 1.87. The number of anilines is 2. The summed E-state index contributed by atoms with van der Waals surface area (Å²) in [6, 6.07) is 11.8. The Morgan fingerprint density at radius 1 is 1.21 bits per heavy atom. The van der Waals surface area contributed by atoms with Crippen LogP contribution < -0.4 is 10.2 Å². The average Bonchev–Trinajstić information content (AvgIpc) is 3.33. The van der Waals surface area contributed by atoms with E-state index >= 15 is 0 Å². The van der Waals surface area contributed by atoms with Crippen molar-refractivity contribution in [1.29, 1.82) is 0 Å². The fourth-order valence-electron chi connectivity index (χ4n) is 3.02. The first kappa shape index (κ1) is 19.5. The highest BCUT2D eigenvalue weighted by Crippen LogP contribution is 2.24. The van der Waals surface area contributed by atoms with Crippen LogP contribution in [0.25, 0.3) is 0 Å². The first-order valence-electron chi connectivity index (χ1n) is 9.35. The SMILES string of the molecule is Cc1cc(NC(=O)CSc2nnc(N3CCOCC3)n2Cc2ccccc2)no1. The number of hydrogen-bond acceptors (Lipinski definition) is 8. The van der Waals surface area contributed by atoms with Gasteiger partial charge in [0.15, 0.2) is 11.0 Å². The molecule has 1 N–H and O–H groups in total. The number of carbonyl (C=O) groups excluding carboxylic acids is 1. The molecule has 3 aromatic rings. The Bertz CT molecular complexity index is 952. The Balaban J connectivity index is 1.49. The number of benzene rings is 1. The van der Waals surface area contributed by atoms with E-state index < -0.39 is 0 Å². The fraction of sp³-hybridized carbons (Fsp3) is 0.368. The van der Waals surface area contributed by atoms with E-state index in [-0.39, 0.29) is 11.7 Å². The van der Waals surface area contributed by atoms with Crippen LogP contribution in [-0.4, -0.2) is 57.9 Å². The molecule has 0 spiro atoms. The maximum absolute atomic E-state index is 12.3. The molecule has 0 atom stereocenters. The minimum absolute atomic E-state index is 0.175. The molecule has 1 fully saturated rings. The van der Waals surface area contributed by atoms with Gasteiger partial charge in [-0.15, -0.1) is 10.2 Å². The number of aromatic nitrogens is 4. The second kappa shape index (κ2) is 9.10. The van der Waals surface area contributed by atoms with Crippen molar-refractivity contribution >= 4 is 29.4 Å². The number of aryl methyl sites for hydroxylation is 1. The lowest BCUT2D eigenvalue weighted by molar-refractivity contribution is -0.113. The summed E-state index contributed by atoms with van der Waals surface area (Å²) >= 11 is 1.35. The van der Waals surface area contributed by atoms with Crippen LogP contribution in [0.4, 0.5) is 11.8 Å². The molecular formula is C19H22N6O3S. The standard InChI is InChI=1S/C19H22N6O3S/c1-14-11-16(23-28-14)20-17(26)13-29-19-22-21-18(24-7-9-27-10-8-24)25(19)12-15-5-3-2-4-6-15/h2-6,11H,7-10,12-13H2,1H3,(H,20,23,26). The van der Waals surface area contributed by atoms with Gasteiger partial charge in [0.05, 0.1) is 25.5 Å². The Morgan fingerprint density at radius 2 is 2.00 bits per heavy atom. The van der Waals surface area contributed by atoms with Crippen LogP contribution >= 0.6 is 11.8 Å². The Kier molecular flexibility index (Phi) is 6.11. The minimum Gasteiger partial charge on any atom is -0.378 e. The Labute approximate surface area is 172 Å². The third kappa shape index (κ3) is 4.96. The molecule has 1 amide bonds. The molecule has 1 aromatic carbocycles. The van der Waals surface area contributed by atoms with E-state index in [0.29, 0.717) is 36.5 Å². The van der Waals surface area contributed by atoms with Gasteiger partial charge in [-0.05, 0) is 12.5 Å². The molecule has 1 aliphatic rings. The summed E-state index contributed by atoms with van der Waals surface area (Å²) in [4.78, 5) is 14.4. The lowest BCUT2D eigenvalue weighted by atomic mass is 10.2. The monoisotopic (exact) mass is 414 g/mol. The molecule has 9 nitrogen and oxygen atoms in total. The number of morpholine rings is 1. The van der Waals surface area contributed by atoms with E-state index in [2.05, 4.69) is 42.3 Å². The molecule has 10 heteroatoms. The van der Waals surface area contributed by atoms with Gasteiger partial charge in [-0.1, -0.05) is 47.3 Å². The smallest absolute Gasteiger partial charge is 0.236 e. The molecule has 29 heavy (non-hydrogen) atoms. The maximum atomic E-state index is 12.3. The van der Waals surface area contributed by atoms with Gasteiger partial charge >= 0.3 is 0 Å². The van der Waals surface area contributed by atoms with Crippen molar-refractivity contribution in [3.8, 4) is 0 Å². The highest BCUT2D eigenvalue weighted by Gasteiger charge is 2.21. The second-order valence-electron chi connectivity index (χ2n) is 6.61. The van der Waals surface area contributed by atoms with Gasteiger partial charge in [-0.2, -0.15) is 0 Å². The quantitative estimate of drug-likeness (QED) is 0.588. The minimum atomic E-state index is -0.175. The van der Waals surface area contributed by atoms with Crippen LogP contribution in [0.5, 0.6) is 0 Å². The van der Waals surface area contributed by atoms with Crippen LogP contribution in [0, 0.1) is 6.92 Å². The third-order valence-corrected chi connectivity index (χ3v) is 5.37. The zero-order valence-corrected chi connectivity index (χ0v) is 16.9. The molecule has 152 valence electrons. The van der Waals surface area contributed by atoms with E-state index in [9.17, 15) is 4.79 Å². The van der Waals surface area contributed by atoms with Crippen molar-refractivity contribution in [2.75, 3.05) is 42.3 Å². The van der Waals surface area contributed by atoms with Gasteiger partial charge in [0.25, 0.3) is 0 Å². The van der Waals surface area contributed by atoms with Crippen molar-refractivity contribution in [1.82, 2.24) is 19.9 Å². The number of ether oxygens (including phenoxy) is 1. The van der Waals surface area contributed by atoms with Crippen LogP contribution in [0.3, 0.4) is 0 Å². The highest BCUT2D eigenvalue weighted by atomic mass is 32.2. The molecule has 1 saturated heterocycles. The molecule has 0 saturated carbocycles. The number of rotatable bonds is 7. The first-order valence-corrected chi connectivity index (χ1v) is 10.3. The molecule has 0 bridgehead atoms. The van der Waals surface area contributed by atoms with E-state index in [1.54, 1.807) is 13.0 Å². The second-order valence-corrected chi connectivity index (χ2v) is 7.56. The molecule has 0 radical (unpaired) electrons. The average molecular weight is 414 g/mol. The summed E-state index contributed by atoms with van der Waals surface area (Å²) in [5.41, 5.74) is 1.14. The predicted octanol–water partition coefficient (Wildman–Crippen LogP) is 2.19. The molecule has 2 aromatic heterocycles. The van der Waals surface area contributed by atoms with Gasteiger partial charge in [0.2, 0.25) is 11.9 Å². The summed E-state index contributed by atoms with van der Waals surface area (Å²) in [5, 5.41) is 16.0. The fourth-order valence-corrected chi connectivity index (χ4v) is 3.76. The van der Waals surface area contributed by atoms with Gasteiger partial charge in [-0.25, -0.2) is 0 Å². The normalized spacial score (nSPS) is 14.2. The zero-order chi connectivity index (χ0) is 20.1. The number of hydrogen-bond donors (Lipinski definition) is 1. The first-order chi connectivity index (χ1) is 14.2. The van der Waals surface area contributed by atoms with Crippen LogP contribution in [0.2, 0.25) is 0 Å². The summed E-state index contributed by atoms with van der Waals surface area (Å²) in [6.45, 7) is 5.27. The van der Waals surface area contributed by atoms with Crippen molar-refractivity contribution in [3.63, 3.8) is 0 Å². The number of carbonyl (C=O) groups is 1. The molecule has 1 aliphatic heterocycles. The summed E-state index contributed by atoms with van der Waals surface area (Å²) < 4.78 is 12.5. The van der Waals surface area contributed by atoms with E-state index in [1.807, 2.05) is 18.2 Å². The molecule has 4 rings (SSSR count). The molecule has 0 unspecified atom stereocenters. The van der Waals surface area contributed by atoms with Crippen LogP contribution in [0.1, 0.15) is 11.3 Å². The number of amides is 1. The van der Waals surface area contributed by atoms with Crippen molar-refractivity contribution in [3.05, 3.63) is 47.7 Å². The topological polar surface area (TPSA) is 98.3 Å². The van der Waals surface area contributed by atoms with Gasteiger partial charge in [0, 0.05) is 19.2 Å². The van der Waals surface area contributed by atoms with E-state index in [4.69, 9.17) is 9.26 Å². The van der Waals surface area contributed by atoms with Gasteiger partial charge in [0.1, 0.15) is 5.76 Å². The predicted molar refractivity (Wildman–Crippen MR) is 109 cm³/mol. The Hall–Kier alpha value is -2.85. The Morgan fingerprint density at radius 3 is 2.72 bits per heavy atom. The highest BCUT2D eigenvalue weighted by molar-refractivity contribution is 7.99. The summed E-state index contributed by atoms with van der Waals surface area (Å²) in [6.07, 6.45) is 0. The summed E-state index contributed by atoms with van der Waals surface area (Å²) in [7, 11) is 0. The maximum Gasteiger partial charge on any atom is 0.236 e. The van der Waals surface area contributed by atoms with Crippen molar-refractivity contribution in [2.45, 2.75) is 18.6 Å². The number of nitrogens with one attached hydrogen (secondary N) is 1. The lowest BCUT2D eigenvalue weighted by Crippen LogP contribution is -2.38. The zero-order valence-electron chi connectivity index (χ0n) is 16.1. The number of nitrogens with zero attached hydrogens (tertiary/aromatic N) is 5. The number of thioether (sulfide) groups is 1. The molecule has 0 aliphatic carbocycles. The third-order valence-electron chi connectivity index (χ3n) is 4.40. The lowest BCUT2D eigenvalue weighted by Gasteiger charge is -2.28. The van der Waals surface area contributed by atoms with Crippen LogP contribution in [-0.2, 0) is 16.1 Å².